The monoisotopic (exact) mass is 293 g/mol. The molecular weight excluding hydrogens is 270 g/mol. The standard InChI is InChI=1S/C19H23N3/c1-19(2,3)21-16-9-10-17-18(13-16)22(14-20-17)12-11-15-7-5-4-6-8-15/h4-10,13-14,21H,11-12H2,1-3H3. The second kappa shape index (κ2) is 5.84. The number of hydrogen-bond donors (Lipinski definition) is 1. The first-order valence-corrected chi connectivity index (χ1v) is 7.78. The van der Waals surface area contributed by atoms with Crippen LogP contribution >= 0.6 is 0 Å². The van der Waals surface area contributed by atoms with Gasteiger partial charge in [-0.25, -0.2) is 4.98 Å². The molecule has 3 heteroatoms. The van der Waals surface area contributed by atoms with E-state index in [-0.39, 0.29) is 5.54 Å². The molecule has 0 radical (unpaired) electrons. The summed E-state index contributed by atoms with van der Waals surface area (Å²) in [7, 11) is 0. The topological polar surface area (TPSA) is 29.9 Å². The predicted molar refractivity (Wildman–Crippen MR) is 93.3 cm³/mol. The van der Waals surface area contributed by atoms with Crippen LogP contribution in [0.2, 0.25) is 0 Å². The van der Waals surface area contributed by atoms with Crippen LogP contribution in [0, 0.1) is 0 Å². The van der Waals surface area contributed by atoms with Gasteiger partial charge in [0.1, 0.15) is 0 Å². The van der Waals surface area contributed by atoms with E-state index in [0.717, 1.165) is 24.2 Å². The molecule has 0 saturated carbocycles. The van der Waals surface area contributed by atoms with Crippen LogP contribution in [-0.2, 0) is 13.0 Å². The molecule has 3 aromatic rings. The third-order valence-electron chi connectivity index (χ3n) is 3.62. The maximum atomic E-state index is 4.50. The lowest BCUT2D eigenvalue weighted by atomic mass is 10.1. The van der Waals surface area contributed by atoms with Crippen molar-refractivity contribution in [3.05, 3.63) is 60.4 Å². The third-order valence-corrected chi connectivity index (χ3v) is 3.62. The van der Waals surface area contributed by atoms with E-state index >= 15 is 0 Å². The molecule has 0 spiro atoms. The van der Waals surface area contributed by atoms with Crippen LogP contribution < -0.4 is 5.32 Å². The summed E-state index contributed by atoms with van der Waals surface area (Å²) < 4.78 is 2.23. The molecule has 3 rings (SSSR count). The number of aromatic nitrogens is 2. The van der Waals surface area contributed by atoms with Crippen LogP contribution in [0.1, 0.15) is 26.3 Å². The Morgan fingerprint density at radius 3 is 2.55 bits per heavy atom. The van der Waals surface area contributed by atoms with Gasteiger partial charge in [-0.15, -0.1) is 0 Å². The van der Waals surface area contributed by atoms with Crippen molar-refractivity contribution in [3.8, 4) is 0 Å². The lowest BCUT2D eigenvalue weighted by Gasteiger charge is -2.22. The Labute approximate surface area is 132 Å². The summed E-state index contributed by atoms with van der Waals surface area (Å²) in [4.78, 5) is 4.50. The summed E-state index contributed by atoms with van der Waals surface area (Å²) in [5, 5.41) is 3.52. The first-order valence-electron chi connectivity index (χ1n) is 7.78. The highest BCUT2D eigenvalue weighted by atomic mass is 15.0. The van der Waals surface area contributed by atoms with Crippen LogP contribution in [0.4, 0.5) is 5.69 Å². The van der Waals surface area contributed by atoms with Gasteiger partial charge >= 0.3 is 0 Å². The number of imidazole rings is 1. The zero-order valence-corrected chi connectivity index (χ0v) is 13.5. The van der Waals surface area contributed by atoms with Crippen molar-refractivity contribution in [2.24, 2.45) is 0 Å². The van der Waals surface area contributed by atoms with Crippen LogP contribution in [0.15, 0.2) is 54.9 Å². The largest absolute Gasteiger partial charge is 0.380 e. The number of aryl methyl sites for hydroxylation is 2. The molecule has 0 saturated heterocycles. The first-order chi connectivity index (χ1) is 10.5. The van der Waals surface area contributed by atoms with Crippen LogP contribution in [0.3, 0.4) is 0 Å². The fraction of sp³-hybridized carbons (Fsp3) is 0.316. The molecule has 0 aliphatic carbocycles. The van der Waals surface area contributed by atoms with Gasteiger partial charge < -0.3 is 9.88 Å². The molecule has 0 unspecified atom stereocenters. The highest BCUT2D eigenvalue weighted by Crippen LogP contribution is 2.21. The zero-order chi connectivity index (χ0) is 15.6. The SMILES string of the molecule is CC(C)(C)Nc1ccc2ncn(CCc3ccccc3)c2c1. The van der Waals surface area contributed by atoms with Gasteiger partial charge in [-0.1, -0.05) is 30.3 Å². The normalized spacial score (nSPS) is 11.8. The van der Waals surface area contributed by atoms with Crippen LogP contribution in [-0.4, -0.2) is 15.1 Å². The molecule has 114 valence electrons. The smallest absolute Gasteiger partial charge is 0.0958 e. The minimum Gasteiger partial charge on any atom is -0.380 e. The molecule has 1 N–H and O–H groups in total. The number of hydrogen-bond acceptors (Lipinski definition) is 2. The summed E-state index contributed by atoms with van der Waals surface area (Å²) in [6, 6.07) is 17.0. The van der Waals surface area contributed by atoms with E-state index in [1.807, 2.05) is 6.33 Å². The average molecular weight is 293 g/mol. The lowest BCUT2D eigenvalue weighted by molar-refractivity contribution is 0.634. The fourth-order valence-corrected chi connectivity index (χ4v) is 2.64. The minimum absolute atomic E-state index is 0.0581. The molecule has 0 atom stereocenters. The van der Waals surface area contributed by atoms with Crippen molar-refractivity contribution in [1.29, 1.82) is 0 Å². The molecule has 2 aromatic carbocycles. The van der Waals surface area contributed by atoms with Crippen molar-refractivity contribution < 1.29 is 0 Å². The van der Waals surface area contributed by atoms with Crippen molar-refractivity contribution in [1.82, 2.24) is 9.55 Å². The van der Waals surface area contributed by atoms with Gasteiger partial charge in [-0.3, -0.25) is 0 Å². The Hall–Kier alpha value is -2.29. The summed E-state index contributed by atoms with van der Waals surface area (Å²) in [6.07, 6.45) is 2.96. The van der Waals surface area contributed by atoms with Gasteiger partial charge in [-0.2, -0.15) is 0 Å². The van der Waals surface area contributed by atoms with E-state index in [1.54, 1.807) is 0 Å². The maximum absolute atomic E-state index is 4.50. The van der Waals surface area contributed by atoms with Crippen molar-refractivity contribution in [2.75, 3.05) is 5.32 Å². The molecule has 0 amide bonds. The summed E-state index contributed by atoms with van der Waals surface area (Å²) in [5.74, 6) is 0. The number of anilines is 1. The first kappa shape index (κ1) is 14.6. The number of nitrogens with zero attached hydrogens (tertiary/aromatic N) is 2. The van der Waals surface area contributed by atoms with Crippen molar-refractivity contribution in [3.63, 3.8) is 0 Å². The molecule has 1 heterocycles. The van der Waals surface area contributed by atoms with E-state index < -0.39 is 0 Å². The van der Waals surface area contributed by atoms with E-state index in [1.165, 1.54) is 11.1 Å². The van der Waals surface area contributed by atoms with E-state index in [9.17, 15) is 0 Å². The molecule has 22 heavy (non-hydrogen) atoms. The Bertz CT molecular complexity index is 751. The van der Waals surface area contributed by atoms with E-state index in [0.29, 0.717) is 0 Å². The molecule has 0 bridgehead atoms. The number of benzene rings is 2. The van der Waals surface area contributed by atoms with Gasteiger partial charge in [0.25, 0.3) is 0 Å². The number of nitrogens with one attached hydrogen (secondary N) is 1. The molecule has 0 fully saturated rings. The second-order valence-electron chi connectivity index (χ2n) is 6.75. The number of fused-ring (bicyclic) bond motifs is 1. The molecule has 3 nitrogen and oxygen atoms in total. The minimum atomic E-state index is 0.0581. The van der Waals surface area contributed by atoms with E-state index in [2.05, 4.69) is 84.2 Å². The Morgan fingerprint density at radius 2 is 1.82 bits per heavy atom. The Morgan fingerprint density at radius 1 is 1.05 bits per heavy atom. The molecular formula is C19H23N3. The highest BCUT2D eigenvalue weighted by molar-refractivity contribution is 5.79. The van der Waals surface area contributed by atoms with Gasteiger partial charge in [0.2, 0.25) is 0 Å². The zero-order valence-electron chi connectivity index (χ0n) is 13.5. The third kappa shape index (κ3) is 3.48. The summed E-state index contributed by atoms with van der Waals surface area (Å²) in [5.41, 5.74) is 4.79. The molecule has 0 aliphatic rings. The maximum Gasteiger partial charge on any atom is 0.0958 e. The Kier molecular flexibility index (Phi) is 3.88. The number of rotatable bonds is 4. The molecule has 0 aliphatic heterocycles. The fourth-order valence-electron chi connectivity index (χ4n) is 2.64. The summed E-state index contributed by atoms with van der Waals surface area (Å²) >= 11 is 0. The quantitative estimate of drug-likeness (QED) is 0.768. The predicted octanol–water partition coefficient (Wildman–Crippen LogP) is 4.49. The summed E-state index contributed by atoms with van der Waals surface area (Å²) in [6.45, 7) is 7.46. The van der Waals surface area contributed by atoms with Crippen molar-refractivity contribution in [2.45, 2.75) is 39.3 Å². The Balaban J connectivity index is 1.82. The van der Waals surface area contributed by atoms with Gasteiger partial charge in [0.05, 0.1) is 17.4 Å². The van der Waals surface area contributed by atoms with Gasteiger partial charge in [0.15, 0.2) is 0 Å². The average Bonchev–Trinajstić information content (AvgIpc) is 2.87. The van der Waals surface area contributed by atoms with Crippen LogP contribution in [0.25, 0.3) is 11.0 Å². The highest BCUT2D eigenvalue weighted by Gasteiger charge is 2.10. The van der Waals surface area contributed by atoms with Crippen molar-refractivity contribution >= 4 is 16.7 Å². The van der Waals surface area contributed by atoms with E-state index in [4.69, 9.17) is 0 Å². The van der Waals surface area contributed by atoms with Crippen LogP contribution in [0.5, 0.6) is 0 Å². The lowest BCUT2D eigenvalue weighted by Crippen LogP contribution is -2.25. The molecule has 1 aromatic heterocycles. The van der Waals surface area contributed by atoms with Gasteiger partial charge in [0, 0.05) is 17.8 Å². The second-order valence-corrected chi connectivity index (χ2v) is 6.75. The van der Waals surface area contributed by atoms with Gasteiger partial charge in [-0.05, 0) is 51.0 Å².